The van der Waals surface area contributed by atoms with E-state index in [4.69, 9.17) is 9.72 Å². The van der Waals surface area contributed by atoms with Gasteiger partial charge >= 0.3 is 0 Å². The molecule has 0 saturated carbocycles. The molecule has 1 aromatic carbocycles. The molecule has 1 atom stereocenters. The summed E-state index contributed by atoms with van der Waals surface area (Å²) in [5.74, 6) is 0.577. The fourth-order valence-electron chi connectivity index (χ4n) is 5.05. The number of pyridine rings is 2. The van der Waals surface area contributed by atoms with Crippen LogP contribution in [0.25, 0.3) is 33.4 Å². The minimum Gasteiger partial charge on any atom is -0.377 e. The van der Waals surface area contributed by atoms with Crippen LogP contribution in [0.15, 0.2) is 48.8 Å². The van der Waals surface area contributed by atoms with Crippen molar-refractivity contribution in [3.8, 4) is 22.5 Å². The third kappa shape index (κ3) is 3.68. The van der Waals surface area contributed by atoms with Crippen LogP contribution in [0.3, 0.4) is 0 Å². The van der Waals surface area contributed by atoms with Crippen LogP contribution in [0.5, 0.6) is 0 Å². The van der Waals surface area contributed by atoms with E-state index in [1.807, 2.05) is 30.3 Å². The molecular weight excluding hydrogens is 431 g/mol. The zero-order chi connectivity index (χ0) is 23.1. The van der Waals surface area contributed by atoms with Gasteiger partial charge in [0.25, 0.3) is 0 Å². The molecule has 34 heavy (non-hydrogen) atoms. The molecule has 3 aromatic heterocycles. The van der Waals surface area contributed by atoms with Crippen LogP contribution in [0.2, 0.25) is 0 Å². The number of fused-ring (bicyclic) bond motifs is 1. The van der Waals surface area contributed by atoms with Gasteiger partial charge in [0.05, 0.1) is 24.9 Å². The number of aromatic nitrogens is 4. The van der Waals surface area contributed by atoms with E-state index < -0.39 is 0 Å². The van der Waals surface area contributed by atoms with Crippen molar-refractivity contribution in [2.24, 2.45) is 0 Å². The molecule has 0 spiro atoms. The zero-order valence-electron chi connectivity index (χ0n) is 19.2. The van der Waals surface area contributed by atoms with E-state index in [1.165, 1.54) is 0 Å². The smallest absolute Gasteiger partial charge is 0.133 e. The predicted molar refractivity (Wildman–Crippen MR) is 132 cm³/mol. The Balaban J connectivity index is 1.55. The lowest BCUT2D eigenvalue weighted by Gasteiger charge is -2.34. The Bertz CT molecular complexity index is 1320. The van der Waals surface area contributed by atoms with Crippen LogP contribution >= 0.6 is 0 Å². The average molecular weight is 459 g/mol. The first-order chi connectivity index (χ1) is 16.7. The van der Waals surface area contributed by atoms with Crippen molar-refractivity contribution in [1.29, 1.82) is 0 Å². The van der Waals surface area contributed by atoms with E-state index in [-0.39, 0.29) is 11.9 Å². The number of morpholine rings is 1. The van der Waals surface area contributed by atoms with Gasteiger partial charge in [-0.3, -0.25) is 10.1 Å². The molecule has 2 fully saturated rings. The Morgan fingerprint density at radius 3 is 2.68 bits per heavy atom. The molecule has 4 aromatic rings. The molecule has 0 aliphatic carbocycles. The largest absolute Gasteiger partial charge is 0.377 e. The van der Waals surface area contributed by atoms with E-state index >= 15 is 4.39 Å². The second-order valence-electron chi connectivity index (χ2n) is 9.03. The molecule has 0 amide bonds. The van der Waals surface area contributed by atoms with Gasteiger partial charge in [0, 0.05) is 48.7 Å². The molecule has 2 aliphatic heterocycles. The van der Waals surface area contributed by atoms with E-state index in [9.17, 15) is 0 Å². The number of hydrogen-bond donors (Lipinski definition) is 1. The Labute approximate surface area is 197 Å². The zero-order valence-corrected chi connectivity index (χ0v) is 19.2. The summed E-state index contributed by atoms with van der Waals surface area (Å²) in [6.07, 6.45) is 5.75. The lowest BCUT2D eigenvalue weighted by Crippen LogP contribution is -2.44. The maximum atomic E-state index is 15.6. The molecule has 2 aliphatic rings. The number of hydrogen-bond acceptors (Lipinski definition) is 6. The lowest BCUT2D eigenvalue weighted by molar-refractivity contribution is 0.0986. The fourth-order valence-corrected chi connectivity index (χ4v) is 5.05. The summed E-state index contributed by atoms with van der Waals surface area (Å²) in [7, 11) is 0. The minimum atomic E-state index is -0.224. The number of ether oxygens (including phenoxy) is 1. The van der Waals surface area contributed by atoms with Crippen LogP contribution in [-0.2, 0) is 4.74 Å². The number of benzene rings is 1. The molecule has 1 N–H and O–H groups in total. The topological polar surface area (TPSA) is 70.2 Å². The first kappa shape index (κ1) is 21.0. The highest BCUT2D eigenvalue weighted by molar-refractivity contribution is 6.01. The van der Waals surface area contributed by atoms with Crippen LogP contribution < -0.4 is 9.80 Å². The quantitative estimate of drug-likeness (QED) is 0.480. The second-order valence-corrected chi connectivity index (χ2v) is 9.03. The van der Waals surface area contributed by atoms with E-state index in [2.05, 4.69) is 31.9 Å². The van der Waals surface area contributed by atoms with Crippen molar-refractivity contribution in [3.63, 3.8) is 0 Å². The van der Waals surface area contributed by atoms with Crippen molar-refractivity contribution in [2.75, 3.05) is 42.6 Å². The van der Waals surface area contributed by atoms with Gasteiger partial charge in [-0.05, 0) is 61.7 Å². The summed E-state index contributed by atoms with van der Waals surface area (Å²) in [6, 6.07) is 11.6. The molecule has 174 valence electrons. The molecular formula is C26H27FN6O. The Morgan fingerprint density at radius 1 is 1.03 bits per heavy atom. The molecule has 6 rings (SSSR count). The highest BCUT2D eigenvalue weighted by atomic mass is 19.1. The van der Waals surface area contributed by atoms with Gasteiger partial charge in [-0.2, -0.15) is 5.10 Å². The van der Waals surface area contributed by atoms with Crippen molar-refractivity contribution < 1.29 is 9.13 Å². The standard InChI is InChI=1S/C26H27FN6O/c1-17-16-34-13-12-33(17)24-15-21(19-5-4-18(14-22(19)27)32-10-2-3-11-32)20-6-8-28-26(25(20)30-24)23-7-9-29-31-23/h4-9,14-15,17H,2-3,10-13,16H2,1H3,(H,29,31). The maximum Gasteiger partial charge on any atom is 0.133 e. The molecule has 0 bridgehead atoms. The second kappa shape index (κ2) is 8.68. The third-order valence-electron chi connectivity index (χ3n) is 6.85. The normalized spacial score (nSPS) is 18.7. The van der Waals surface area contributed by atoms with Crippen LogP contribution in [0.1, 0.15) is 19.8 Å². The van der Waals surface area contributed by atoms with Crippen molar-refractivity contribution in [1.82, 2.24) is 20.2 Å². The number of H-pyrrole nitrogens is 1. The molecule has 8 heteroatoms. The number of anilines is 2. The Kier molecular flexibility index (Phi) is 5.37. The highest BCUT2D eigenvalue weighted by Crippen LogP contribution is 2.37. The fraction of sp³-hybridized carbons (Fsp3) is 0.346. The summed E-state index contributed by atoms with van der Waals surface area (Å²) in [5, 5.41) is 7.94. The van der Waals surface area contributed by atoms with Crippen LogP contribution in [0, 0.1) is 5.82 Å². The molecule has 7 nitrogen and oxygen atoms in total. The number of nitrogens with zero attached hydrogens (tertiary/aromatic N) is 5. The van der Waals surface area contributed by atoms with Gasteiger partial charge in [-0.25, -0.2) is 9.37 Å². The Hall–Kier alpha value is -3.52. The van der Waals surface area contributed by atoms with Crippen LogP contribution in [0.4, 0.5) is 15.9 Å². The maximum absolute atomic E-state index is 15.6. The van der Waals surface area contributed by atoms with Gasteiger partial charge in [0.15, 0.2) is 0 Å². The first-order valence-electron chi connectivity index (χ1n) is 11.9. The average Bonchev–Trinajstić information content (AvgIpc) is 3.58. The summed E-state index contributed by atoms with van der Waals surface area (Å²) in [5.41, 5.74) is 4.53. The SMILES string of the molecule is CC1COCCN1c1cc(-c2ccc(N3CCCC3)cc2F)c2ccnc(-c3ccn[nH]3)c2n1. The van der Waals surface area contributed by atoms with Gasteiger partial charge in [0.1, 0.15) is 22.8 Å². The molecule has 5 heterocycles. The number of halogens is 1. The molecule has 1 unspecified atom stereocenters. The van der Waals surface area contributed by atoms with Crippen molar-refractivity contribution in [2.45, 2.75) is 25.8 Å². The van der Waals surface area contributed by atoms with Gasteiger partial charge < -0.3 is 14.5 Å². The highest BCUT2D eigenvalue weighted by Gasteiger charge is 2.24. The number of aromatic amines is 1. The lowest BCUT2D eigenvalue weighted by atomic mass is 9.99. The van der Waals surface area contributed by atoms with E-state index in [0.29, 0.717) is 24.5 Å². The molecule has 0 radical (unpaired) electrons. The number of nitrogens with one attached hydrogen (secondary N) is 1. The van der Waals surface area contributed by atoms with Gasteiger partial charge in [0.2, 0.25) is 0 Å². The van der Waals surface area contributed by atoms with Crippen molar-refractivity contribution >= 4 is 22.4 Å². The summed E-state index contributed by atoms with van der Waals surface area (Å²) in [6.45, 7) is 6.09. The summed E-state index contributed by atoms with van der Waals surface area (Å²) in [4.78, 5) is 14.1. The monoisotopic (exact) mass is 458 g/mol. The van der Waals surface area contributed by atoms with Crippen molar-refractivity contribution in [3.05, 3.63) is 54.6 Å². The van der Waals surface area contributed by atoms with Gasteiger partial charge in [-0.1, -0.05) is 0 Å². The summed E-state index contributed by atoms with van der Waals surface area (Å²) >= 11 is 0. The summed E-state index contributed by atoms with van der Waals surface area (Å²) < 4.78 is 21.3. The first-order valence-corrected chi connectivity index (χ1v) is 11.9. The minimum absolute atomic E-state index is 0.168. The number of rotatable bonds is 4. The van der Waals surface area contributed by atoms with E-state index in [1.54, 1.807) is 18.5 Å². The molecule has 2 saturated heterocycles. The van der Waals surface area contributed by atoms with E-state index in [0.717, 1.165) is 66.1 Å². The predicted octanol–water partition coefficient (Wildman–Crippen LogP) is 4.65. The Morgan fingerprint density at radius 2 is 1.91 bits per heavy atom. The van der Waals surface area contributed by atoms with Gasteiger partial charge in [-0.15, -0.1) is 0 Å². The third-order valence-corrected chi connectivity index (χ3v) is 6.85. The van der Waals surface area contributed by atoms with Crippen LogP contribution in [-0.4, -0.2) is 59.1 Å².